The van der Waals surface area contributed by atoms with Gasteiger partial charge >= 0.3 is 0 Å². The Kier molecular flexibility index (Phi) is 5.76. The molecule has 7 nitrogen and oxygen atoms in total. The highest BCUT2D eigenvalue weighted by atomic mass is 79.9. The molecule has 4 aromatic rings. The van der Waals surface area contributed by atoms with Gasteiger partial charge in [-0.05, 0) is 76.3 Å². The van der Waals surface area contributed by atoms with E-state index >= 15 is 0 Å². The van der Waals surface area contributed by atoms with Crippen LogP contribution in [-0.2, 0) is 6.54 Å². The second-order valence-electron chi connectivity index (χ2n) is 8.69. The highest BCUT2D eigenvalue weighted by Gasteiger charge is 2.43. The molecule has 178 valence electrons. The fourth-order valence-corrected chi connectivity index (χ4v) is 5.05. The van der Waals surface area contributed by atoms with Gasteiger partial charge in [-0.1, -0.05) is 30.3 Å². The Bertz CT molecular complexity index is 1450. The maximum Gasteiger partial charge on any atom is 0.273 e. The molecule has 2 heterocycles. The molecule has 1 aliphatic rings. The SMILES string of the molecule is COc1cc(C2c3c(-c4cc(C)c(C)cc4O)n[nH]c3C(=O)N2Cc2ccccc2)cc(Br)c1O. The third-order valence-corrected chi connectivity index (χ3v) is 7.12. The molecule has 0 spiro atoms. The van der Waals surface area contributed by atoms with Crippen molar-refractivity contribution < 1.29 is 19.7 Å². The number of hydrogen-bond acceptors (Lipinski definition) is 5. The molecule has 0 aliphatic carbocycles. The van der Waals surface area contributed by atoms with Crippen molar-refractivity contribution in [1.29, 1.82) is 0 Å². The molecule has 1 atom stereocenters. The van der Waals surface area contributed by atoms with E-state index in [1.54, 1.807) is 23.1 Å². The molecule has 0 fully saturated rings. The van der Waals surface area contributed by atoms with E-state index in [1.807, 2.05) is 50.2 Å². The first-order valence-electron chi connectivity index (χ1n) is 11.1. The van der Waals surface area contributed by atoms with E-state index in [2.05, 4.69) is 26.1 Å². The van der Waals surface area contributed by atoms with Crippen molar-refractivity contribution in [3.05, 3.63) is 92.6 Å². The van der Waals surface area contributed by atoms with Gasteiger partial charge in [0.05, 0.1) is 17.6 Å². The number of nitrogens with zero attached hydrogens (tertiary/aromatic N) is 2. The number of fused-ring (bicyclic) bond motifs is 1. The molecule has 3 aromatic carbocycles. The van der Waals surface area contributed by atoms with Crippen molar-refractivity contribution >= 4 is 21.8 Å². The molecule has 1 unspecified atom stereocenters. The number of rotatable bonds is 5. The van der Waals surface area contributed by atoms with Gasteiger partial charge in [-0.3, -0.25) is 9.89 Å². The second kappa shape index (κ2) is 8.78. The third kappa shape index (κ3) is 3.83. The van der Waals surface area contributed by atoms with E-state index in [0.29, 0.717) is 33.5 Å². The number of hydrogen-bond donors (Lipinski definition) is 3. The number of methoxy groups -OCH3 is 1. The number of phenols is 2. The first kappa shape index (κ1) is 23.0. The summed E-state index contributed by atoms with van der Waals surface area (Å²) in [5, 5.41) is 28.6. The lowest BCUT2D eigenvalue weighted by Crippen LogP contribution is -2.29. The first-order valence-corrected chi connectivity index (χ1v) is 11.9. The Hall–Kier alpha value is -3.78. The van der Waals surface area contributed by atoms with Gasteiger partial charge in [-0.2, -0.15) is 5.10 Å². The van der Waals surface area contributed by atoms with Crippen LogP contribution in [0, 0.1) is 13.8 Å². The fraction of sp³-hybridized carbons (Fsp3) is 0.185. The van der Waals surface area contributed by atoms with Crippen LogP contribution in [-0.4, -0.2) is 38.3 Å². The number of ether oxygens (including phenoxy) is 1. The summed E-state index contributed by atoms with van der Waals surface area (Å²) in [6, 6.07) is 16.3. The predicted molar refractivity (Wildman–Crippen MR) is 136 cm³/mol. The number of aromatic hydroxyl groups is 2. The number of aryl methyl sites for hydroxylation is 2. The quantitative estimate of drug-likeness (QED) is 0.309. The van der Waals surface area contributed by atoms with Gasteiger partial charge in [-0.25, -0.2) is 0 Å². The number of carbonyl (C=O) groups excluding carboxylic acids is 1. The summed E-state index contributed by atoms with van der Waals surface area (Å²) in [6.07, 6.45) is 0. The predicted octanol–water partition coefficient (Wildman–Crippen LogP) is 5.62. The average molecular weight is 534 g/mol. The van der Waals surface area contributed by atoms with Crippen LogP contribution in [0.4, 0.5) is 0 Å². The van der Waals surface area contributed by atoms with E-state index in [0.717, 1.165) is 22.3 Å². The lowest BCUT2D eigenvalue weighted by atomic mass is 9.94. The van der Waals surface area contributed by atoms with Gasteiger partial charge in [-0.15, -0.1) is 0 Å². The van der Waals surface area contributed by atoms with Crippen LogP contribution >= 0.6 is 15.9 Å². The molecule has 0 saturated heterocycles. The lowest BCUT2D eigenvalue weighted by Gasteiger charge is -2.27. The van der Waals surface area contributed by atoms with E-state index in [1.165, 1.54) is 7.11 Å². The number of halogens is 1. The van der Waals surface area contributed by atoms with Crippen molar-refractivity contribution in [2.75, 3.05) is 7.11 Å². The number of H-pyrrole nitrogens is 1. The number of aromatic nitrogens is 2. The minimum atomic E-state index is -0.529. The summed E-state index contributed by atoms with van der Waals surface area (Å²) < 4.78 is 5.84. The molecule has 0 radical (unpaired) electrons. The number of nitrogens with one attached hydrogen (secondary N) is 1. The van der Waals surface area contributed by atoms with Gasteiger partial charge in [0.15, 0.2) is 11.5 Å². The maximum atomic E-state index is 13.6. The third-order valence-electron chi connectivity index (χ3n) is 6.51. The van der Waals surface area contributed by atoms with Crippen LogP contribution in [0.5, 0.6) is 17.2 Å². The standard InChI is InChI=1S/C27H24BrN3O4/c1-14-9-18(20(32)10-15(14)2)23-22-24(30-29-23)27(34)31(13-16-7-5-4-6-8-16)25(22)17-11-19(28)26(33)21(12-17)35-3/h4-12,25,32-33H,13H2,1-3H3,(H,29,30). The monoisotopic (exact) mass is 533 g/mol. The topological polar surface area (TPSA) is 98.7 Å². The smallest absolute Gasteiger partial charge is 0.273 e. The van der Waals surface area contributed by atoms with Crippen LogP contribution in [0.3, 0.4) is 0 Å². The maximum absolute atomic E-state index is 13.6. The summed E-state index contributed by atoms with van der Waals surface area (Å²) in [4.78, 5) is 15.4. The Labute approximate surface area is 211 Å². The number of carbonyl (C=O) groups is 1. The highest BCUT2D eigenvalue weighted by molar-refractivity contribution is 9.10. The Morgan fingerprint density at radius 2 is 1.80 bits per heavy atom. The summed E-state index contributed by atoms with van der Waals surface area (Å²) in [5.41, 5.74) is 5.79. The molecule has 1 aliphatic heterocycles. The minimum absolute atomic E-state index is 0.0189. The largest absolute Gasteiger partial charge is 0.507 e. The summed E-state index contributed by atoms with van der Waals surface area (Å²) >= 11 is 3.41. The second-order valence-corrected chi connectivity index (χ2v) is 9.54. The van der Waals surface area contributed by atoms with Crippen LogP contribution in [0.2, 0.25) is 0 Å². The Morgan fingerprint density at radius 3 is 2.51 bits per heavy atom. The zero-order valence-electron chi connectivity index (χ0n) is 19.5. The zero-order valence-corrected chi connectivity index (χ0v) is 21.0. The Morgan fingerprint density at radius 1 is 1.09 bits per heavy atom. The Balaban J connectivity index is 1.73. The van der Waals surface area contributed by atoms with E-state index in [-0.39, 0.29) is 23.2 Å². The first-order chi connectivity index (χ1) is 16.8. The molecule has 5 rings (SSSR count). The van der Waals surface area contributed by atoms with Gasteiger partial charge < -0.3 is 19.8 Å². The molecular formula is C27H24BrN3O4. The number of phenolic OH excluding ortho intramolecular Hbond substituents is 2. The molecular weight excluding hydrogens is 510 g/mol. The number of amides is 1. The van der Waals surface area contributed by atoms with Crippen molar-refractivity contribution in [2.24, 2.45) is 0 Å². The van der Waals surface area contributed by atoms with Crippen molar-refractivity contribution in [3.63, 3.8) is 0 Å². The number of aromatic amines is 1. The molecule has 35 heavy (non-hydrogen) atoms. The van der Waals surface area contributed by atoms with Gasteiger partial charge in [0.1, 0.15) is 17.1 Å². The molecule has 0 bridgehead atoms. The zero-order chi connectivity index (χ0) is 24.9. The summed E-state index contributed by atoms with van der Waals surface area (Å²) in [5.74, 6) is 0.169. The van der Waals surface area contributed by atoms with E-state index < -0.39 is 6.04 Å². The average Bonchev–Trinajstić information content (AvgIpc) is 3.38. The van der Waals surface area contributed by atoms with Crippen LogP contribution in [0.25, 0.3) is 11.3 Å². The fourth-order valence-electron chi connectivity index (χ4n) is 4.59. The van der Waals surface area contributed by atoms with Gasteiger partial charge in [0.2, 0.25) is 0 Å². The number of benzene rings is 3. The van der Waals surface area contributed by atoms with Crippen molar-refractivity contribution in [3.8, 4) is 28.5 Å². The summed E-state index contributed by atoms with van der Waals surface area (Å²) in [7, 11) is 1.48. The van der Waals surface area contributed by atoms with Gasteiger partial charge in [0, 0.05) is 17.7 Å². The normalized spacial score (nSPS) is 14.9. The molecule has 3 N–H and O–H groups in total. The van der Waals surface area contributed by atoms with Crippen LogP contribution in [0.15, 0.2) is 59.1 Å². The van der Waals surface area contributed by atoms with E-state index in [4.69, 9.17) is 4.74 Å². The van der Waals surface area contributed by atoms with Gasteiger partial charge in [0.25, 0.3) is 5.91 Å². The highest BCUT2D eigenvalue weighted by Crippen LogP contribution is 2.48. The summed E-state index contributed by atoms with van der Waals surface area (Å²) in [6.45, 7) is 4.27. The molecule has 1 amide bonds. The molecule has 1 aromatic heterocycles. The lowest BCUT2D eigenvalue weighted by molar-refractivity contribution is 0.0730. The van der Waals surface area contributed by atoms with Crippen molar-refractivity contribution in [2.45, 2.75) is 26.4 Å². The minimum Gasteiger partial charge on any atom is -0.507 e. The van der Waals surface area contributed by atoms with Crippen LogP contribution < -0.4 is 4.74 Å². The van der Waals surface area contributed by atoms with Crippen LogP contribution in [0.1, 0.15) is 44.3 Å². The molecule has 8 heteroatoms. The van der Waals surface area contributed by atoms with Crippen molar-refractivity contribution in [1.82, 2.24) is 15.1 Å². The van der Waals surface area contributed by atoms with E-state index in [9.17, 15) is 15.0 Å². The molecule has 0 saturated carbocycles.